The topological polar surface area (TPSA) is 58.3 Å². The van der Waals surface area contributed by atoms with Crippen molar-refractivity contribution in [3.8, 4) is 11.5 Å². The number of aryl methyl sites for hydroxylation is 1. The van der Waals surface area contributed by atoms with E-state index in [0.29, 0.717) is 6.54 Å². The van der Waals surface area contributed by atoms with E-state index in [1.165, 1.54) is 12.1 Å². The molecular formula is C32H31FN6O. The van der Waals surface area contributed by atoms with E-state index in [0.717, 1.165) is 45.3 Å². The lowest BCUT2D eigenvalue weighted by atomic mass is 10.0. The first-order valence-electron chi connectivity index (χ1n) is 13.3. The summed E-state index contributed by atoms with van der Waals surface area (Å²) < 4.78 is 17.6. The molecule has 8 heteroatoms. The zero-order valence-corrected chi connectivity index (χ0v) is 22.8. The van der Waals surface area contributed by atoms with Gasteiger partial charge in [0.1, 0.15) is 11.6 Å². The van der Waals surface area contributed by atoms with Crippen molar-refractivity contribution in [3.05, 3.63) is 131 Å². The van der Waals surface area contributed by atoms with Gasteiger partial charge in [-0.05, 0) is 66.6 Å². The first-order chi connectivity index (χ1) is 19.4. The van der Waals surface area contributed by atoms with Crippen molar-refractivity contribution in [2.75, 3.05) is 19.0 Å². The summed E-state index contributed by atoms with van der Waals surface area (Å²) in [7, 11) is 4.02. The van der Waals surface area contributed by atoms with Crippen LogP contribution in [0.25, 0.3) is 11.5 Å². The van der Waals surface area contributed by atoms with E-state index in [1.54, 1.807) is 12.1 Å². The Bertz CT molecular complexity index is 1640. The summed E-state index contributed by atoms with van der Waals surface area (Å²) in [5.41, 5.74) is 6.67. The van der Waals surface area contributed by atoms with Gasteiger partial charge < -0.3 is 19.7 Å². The molecule has 0 saturated heterocycles. The molecule has 2 aromatic heterocycles. The van der Waals surface area contributed by atoms with Crippen molar-refractivity contribution in [2.24, 2.45) is 0 Å². The van der Waals surface area contributed by atoms with E-state index in [4.69, 9.17) is 5.10 Å². The minimum absolute atomic E-state index is 0.210. The van der Waals surface area contributed by atoms with Gasteiger partial charge in [-0.25, -0.2) is 13.9 Å². The Hall–Kier alpha value is -4.85. The molecule has 0 fully saturated rings. The molecule has 1 aliphatic rings. The normalized spacial score (nSPS) is 14.3. The SMILES string of the molecule is Cc1nn(-c2ccccc2)c2c1CN(C(=O)NCc1ccc(F)cc1)[C@H](c1ccc(N(C)C)cc1)c1cccn1-2. The van der Waals surface area contributed by atoms with Crippen LogP contribution in [0.15, 0.2) is 97.2 Å². The summed E-state index contributed by atoms with van der Waals surface area (Å²) in [5, 5.41) is 7.98. The van der Waals surface area contributed by atoms with Gasteiger partial charge in [-0.2, -0.15) is 5.10 Å². The van der Waals surface area contributed by atoms with Crippen molar-refractivity contribution < 1.29 is 9.18 Å². The first kappa shape index (κ1) is 25.4. The van der Waals surface area contributed by atoms with E-state index in [-0.39, 0.29) is 24.4 Å². The number of halogens is 1. The highest BCUT2D eigenvalue weighted by atomic mass is 19.1. The van der Waals surface area contributed by atoms with Gasteiger partial charge in [-0.1, -0.05) is 42.5 Å². The highest BCUT2D eigenvalue weighted by Crippen LogP contribution is 2.38. The van der Waals surface area contributed by atoms with Gasteiger partial charge >= 0.3 is 6.03 Å². The summed E-state index contributed by atoms with van der Waals surface area (Å²) in [6.07, 6.45) is 2.04. The smallest absolute Gasteiger partial charge is 0.318 e. The van der Waals surface area contributed by atoms with E-state index in [9.17, 15) is 9.18 Å². The number of para-hydroxylation sites is 1. The van der Waals surface area contributed by atoms with Crippen molar-refractivity contribution in [1.82, 2.24) is 24.6 Å². The molecule has 3 heterocycles. The van der Waals surface area contributed by atoms with Crippen LogP contribution in [0, 0.1) is 12.7 Å². The van der Waals surface area contributed by atoms with Gasteiger partial charge in [0.05, 0.1) is 29.7 Å². The Labute approximate surface area is 233 Å². The monoisotopic (exact) mass is 534 g/mol. The fourth-order valence-corrected chi connectivity index (χ4v) is 5.34. The third-order valence-electron chi connectivity index (χ3n) is 7.43. The van der Waals surface area contributed by atoms with E-state index >= 15 is 0 Å². The van der Waals surface area contributed by atoms with E-state index in [1.807, 2.05) is 73.2 Å². The maximum absolute atomic E-state index is 14.0. The predicted molar refractivity (Wildman–Crippen MR) is 154 cm³/mol. The van der Waals surface area contributed by atoms with E-state index in [2.05, 4.69) is 45.1 Å². The third kappa shape index (κ3) is 4.62. The molecule has 1 aliphatic heterocycles. The average Bonchev–Trinajstić information content (AvgIpc) is 3.53. The lowest BCUT2D eigenvalue weighted by molar-refractivity contribution is 0.180. The molecule has 3 aromatic carbocycles. The molecule has 5 aromatic rings. The summed E-state index contributed by atoms with van der Waals surface area (Å²) in [4.78, 5) is 17.9. The molecule has 0 bridgehead atoms. The maximum Gasteiger partial charge on any atom is 0.318 e. The minimum atomic E-state index is -0.351. The highest BCUT2D eigenvalue weighted by Gasteiger charge is 2.36. The number of fused-ring (bicyclic) bond motifs is 3. The third-order valence-corrected chi connectivity index (χ3v) is 7.43. The Morgan fingerprint density at radius 3 is 2.40 bits per heavy atom. The number of nitrogens with zero attached hydrogens (tertiary/aromatic N) is 5. The van der Waals surface area contributed by atoms with E-state index < -0.39 is 0 Å². The molecule has 6 rings (SSSR count). The van der Waals surface area contributed by atoms with Crippen LogP contribution in [0.2, 0.25) is 0 Å². The molecule has 202 valence electrons. The molecule has 1 atom stereocenters. The fraction of sp³-hybridized carbons (Fsp3) is 0.188. The van der Waals surface area contributed by atoms with Gasteiger partial charge in [0, 0.05) is 38.1 Å². The number of carbonyl (C=O) groups excluding carboxylic acids is 1. The van der Waals surface area contributed by atoms with Gasteiger partial charge in [-0.3, -0.25) is 0 Å². The number of hydrogen-bond donors (Lipinski definition) is 1. The summed E-state index contributed by atoms with van der Waals surface area (Å²) in [6.45, 7) is 2.64. The Kier molecular flexibility index (Phi) is 6.59. The number of rotatable bonds is 5. The van der Waals surface area contributed by atoms with Crippen LogP contribution >= 0.6 is 0 Å². The number of urea groups is 1. The number of hydrogen-bond acceptors (Lipinski definition) is 3. The molecule has 0 unspecified atom stereocenters. The van der Waals surface area contributed by atoms with Crippen molar-refractivity contribution in [1.29, 1.82) is 0 Å². The van der Waals surface area contributed by atoms with Crippen LogP contribution in [0.1, 0.15) is 34.1 Å². The second-order valence-corrected chi connectivity index (χ2v) is 10.2. The average molecular weight is 535 g/mol. The molecule has 1 N–H and O–H groups in total. The maximum atomic E-state index is 14.0. The number of benzene rings is 3. The van der Waals surface area contributed by atoms with Gasteiger partial charge in [0.15, 0.2) is 0 Å². The quantitative estimate of drug-likeness (QED) is 0.301. The molecule has 7 nitrogen and oxygen atoms in total. The second kappa shape index (κ2) is 10.4. The minimum Gasteiger partial charge on any atom is -0.378 e. The van der Waals surface area contributed by atoms with Crippen LogP contribution in [0.5, 0.6) is 0 Å². The van der Waals surface area contributed by atoms with Crippen LogP contribution in [0.3, 0.4) is 0 Å². The highest BCUT2D eigenvalue weighted by molar-refractivity contribution is 5.76. The standard InChI is InChI=1S/C32H31FN6O/c1-22-28-21-38(32(40)34-20-23-11-15-25(33)16-12-23)30(24-13-17-26(18-14-24)36(2)3)29-10-7-19-37(29)31(28)39(35-22)27-8-5-4-6-9-27/h4-19,30H,20-21H2,1-3H3,(H,34,40)/t30-/m1/s1. The van der Waals surface area contributed by atoms with Gasteiger partial charge in [0.25, 0.3) is 0 Å². The van der Waals surface area contributed by atoms with Crippen LogP contribution in [0.4, 0.5) is 14.9 Å². The Morgan fingerprint density at radius 2 is 1.70 bits per heavy atom. The van der Waals surface area contributed by atoms with Gasteiger partial charge in [-0.15, -0.1) is 0 Å². The zero-order valence-electron chi connectivity index (χ0n) is 22.8. The van der Waals surface area contributed by atoms with Crippen LogP contribution < -0.4 is 10.2 Å². The van der Waals surface area contributed by atoms with Crippen molar-refractivity contribution in [2.45, 2.75) is 26.1 Å². The number of aromatic nitrogens is 3. The molecule has 0 saturated carbocycles. The molecular weight excluding hydrogens is 503 g/mol. The number of carbonyl (C=O) groups is 1. The lowest BCUT2D eigenvalue weighted by Gasteiger charge is -2.31. The summed E-state index contributed by atoms with van der Waals surface area (Å²) in [6, 6.07) is 28.1. The Balaban J connectivity index is 1.46. The predicted octanol–water partition coefficient (Wildman–Crippen LogP) is 5.99. The first-order valence-corrected chi connectivity index (χ1v) is 13.3. The number of anilines is 1. The molecule has 0 spiro atoms. The molecule has 40 heavy (non-hydrogen) atoms. The fourth-order valence-electron chi connectivity index (χ4n) is 5.34. The molecule has 0 radical (unpaired) electrons. The molecule has 0 aliphatic carbocycles. The van der Waals surface area contributed by atoms with Crippen LogP contribution in [-0.2, 0) is 13.1 Å². The zero-order chi connectivity index (χ0) is 27.8. The van der Waals surface area contributed by atoms with Crippen molar-refractivity contribution >= 4 is 11.7 Å². The summed E-state index contributed by atoms with van der Waals surface area (Å²) in [5.74, 6) is 0.621. The molecule has 2 amide bonds. The van der Waals surface area contributed by atoms with Gasteiger partial charge in [0.2, 0.25) is 0 Å². The Morgan fingerprint density at radius 1 is 0.975 bits per heavy atom. The number of nitrogens with one attached hydrogen (secondary N) is 1. The van der Waals surface area contributed by atoms with Crippen molar-refractivity contribution in [3.63, 3.8) is 0 Å². The lowest BCUT2D eigenvalue weighted by Crippen LogP contribution is -2.41. The summed E-state index contributed by atoms with van der Waals surface area (Å²) >= 11 is 0. The second-order valence-electron chi connectivity index (χ2n) is 10.2. The number of amides is 2. The largest absolute Gasteiger partial charge is 0.378 e. The van der Waals surface area contributed by atoms with Crippen LogP contribution in [-0.4, -0.2) is 39.4 Å².